The van der Waals surface area contributed by atoms with Crippen LogP contribution < -0.4 is 21.8 Å². The summed E-state index contributed by atoms with van der Waals surface area (Å²) in [6.07, 6.45) is 5.15. The first-order valence-corrected chi connectivity index (χ1v) is 9.70. The fourth-order valence-electron chi connectivity index (χ4n) is 3.54. The molecular weight excluding hydrogens is 374 g/mol. The van der Waals surface area contributed by atoms with Crippen molar-refractivity contribution in [2.24, 2.45) is 7.05 Å². The second-order valence-electron chi connectivity index (χ2n) is 7.56. The Kier molecular flexibility index (Phi) is 5.95. The van der Waals surface area contributed by atoms with Crippen LogP contribution in [0.4, 0.5) is 17.1 Å². The average Bonchev–Trinajstić information content (AvgIpc) is 2.70. The molecule has 9 nitrogen and oxygen atoms in total. The van der Waals surface area contributed by atoms with E-state index in [2.05, 4.69) is 15.7 Å². The number of phenols is 1. The number of aromatic amines is 1. The van der Waals surface area contributed by atoms with E-state index >= 15 is 0 Å². The van der Waals surface area contributed by atoms with E-state index in [0.717, 1.165) is 36.8 Å². The maximum Gasteiger partial charge on any atom is 0.290 e. The summed E-state index contributed by atoms with van der Waals surface area (Å²) in [5.41, 5.74) is -0.433. The summed E-state index contributed by atoms with van der Waals surface area (Å²) in [5.74, 6) is -0.650. The molecule has 9 heteroatoms. The van der Waals surface area contributed by atoms with Crippen molar-refractivity contribution in [3.8, 4) is 5.75 Å². The number of H-pyrrole nitrogens is 1. The van der Waals surface area contributed by atoms with Gasteiger partial charge < -0.3 is 20.6 Å². The maximum absolute atomic E-state index is 12.8. The molecule has 0 unspecified atom stereocenters. The molecule has 1 heterocycles. The quantitative estimate of drug-likeness (QED) is 0.569. The van der Waals surface area contributed by atoms with Crippen molar-refractivity contribution < 1.29 is 9.90 Å². The fourth-order valence-corrected chi connectivity index (χ4v) is 3.54. The van der Waals surface area contributed by atoms with Crippen LogP contribution in [0.3, 0.4) is 0 Å². The van der Waals surface area contributed by atoms with E-state index < -0.39 is 11.1 Å². The van der Waals surface area contributed by atoms with Crippen molar-refractivity contribution in [2.45, 2.75) is 38.1 Å². The Bertz CT molecular complexity index is 1020. The number of hydrogen-bond donors (Lipinski definition) is 4. The second-order valence-corrected chi connectivity index (χ2v) is 7.56. The molecule has 156 valence electrons. The van der Waals surface area contributed by atoms with Crippen molar-refractivity contribution >= 4 is 23.0 Å². The molecule has 1 saturated carbocycles. The van der Waals surface area contributed by atoms with Gasteiger partial charge in [0.25, 0.3) is 17.0 Å². The standard InChI is InChI=1S/C20H27N5O4/c1-24(2)19(28)13-10-7-11-14(17(13)26)22-16-15(18(27)23-25(3)20(16)29)21-12-8-5-4-6-9-12/h7,10-12,21-22,26H,4-6,8-9H2,1-3H3,(H,23,27). The van der Waals surface area contributed by atoms with Gasteiger partial charge in [0, 0.05) is 27.2 Å². The monoisotopic (exact) mass is 401 g/mol. The number of benzene rings is 1. The number of para-hydroxylation sites is 1. The van der Waals surface area contributed by atoms with Gasteiger partial charge in [-0.05, 0) is 25.0 Å². The first-order valence-electron chi connectivity index (χ1n) is 9.70. The average molecular weight is 401 g/mol. The Morgan fingerprint density at radius 3 is 2.52 bits per heavy atom. The van der Waals surface area contributed by atoms with E-state index in [-0.39, 0.29) is 40.3 Å². The third-order valence-corrected chi connectivity index (χ3v) is 5.15. The molecule has 3 rings (SSSR count). The lowest BCUT2D eigenvalue weighted by atomic mass is 9.95. The number of phenolic OH excluding ortho intramolecular Hbond substituents is 1. The fraction of sp³-hybridized carbons (Fsp3) is 0.450. The van der Waals surface area contributed by atoms with Crippen LogP contribution in [0.1, 0.15) is 42.5 Å². The number of hydrogen-bond acceptors (Lipinski definition) is 6. The molecule has 1 aromatic heterocycles. The highest BCUT2D eigenvalue weighted by atomic mass is 16.3. The minimum Gasteiger partial charge on any atom is -0.505 e. The number of carbonyl (C=O) groups is 1. The predicted molar refractivity (Wildman–Crippen MR) is 112 cm³/mol. The number of nitrogens with zero attached hydrogens (tertiary/aromatic N) is 2. The van der Waals surface area contributed by atoms with Crippen LogP contribution in [0.15, 0.2) is 27.8 Å². The van der Waals surface area contributed by atoms with Crippen LogP contribution in [-0.4, -0.2) is 45.8 Å². The Morgan fingerprint density at radius 2 is 1.86 bits per heavy atom. The third-order valence-electron chi connectivity index (χ3n) is 5.15. The molecule has 0 bridgehead atoms. The Hall–Kier alpha value is -3.23. The number of aromatic nitrogens is 2. The zero-order valence-corrected chi connectivity index (χ0v) is 16.9. The van der Waals surface area contributed by atoms with Gasteiger partial charge in [-0.3, -0.25) is 24.2 Å². The van der Waals surface area contributed by atoms with Crippen LogP contribution in [0.25, 0.3) is 0 Å². The molecule has 1 amide bonds. The summed E-state index contributed by atoms with van der Waals surface area (Å²) in [6, 6.07) is 4.75. The van der Waals surface area contributed by atoms with Gasteiger partial charge in [-0.25, -0.2) is 0 Å². The number of amides is 1. The van der Waals surface area contributed by atoms with Crippen molar-refractivity contribution in [3.05, 3.63) is 44.5 Å². The molecule has 0 aliphatic heterocycles. The third kappa shape index (κ3) is 4.28. The number of rotatable bonds is 5. The Balaban J connectivity index is 2.03. The van der Waals surface area contributed by atoms with Crippen LogP contribution in [0.5, 0.6) is 5.75 Å². The number of aryl methyl sites for hydroxylation is 1. The highest BCUT2D eigenvalue weighted by molar-refractivity contribution is 5.98. The van der Waals surface area contributed by atoms with E-state index in [1.165, 1.54) is 18.0 Å². The van der Waals surface area contributed by atoms with Gasteiger partial charge in [0.2, 0.25) is 0 Å². The van der Waals surface area contributed by atoms with Crippen LogP contribution in [0.2, 0.25) is 0 Å². The second kappa shape index (κ2) is 8.42. The topological polar surface area (TPSA) is 119 Å². The molecule has 0 spiro atoms. The normalized spacial score (nSPS) is 14.4. The lowest BCUT2D eigenvalue weighted by Crippen LogP contribution is -2.34. The molecule has 0 radical (unpaired) electrons. The van der Waals surface area contributed by atoms with E-state index in [9.17, 15) is 19.5 Å². The summed E-state index contributed by atoms with van der Waals surface area (Å²) in [7, 11) is 4.62. The van der Waals surface area contributed by atoms with Gasteiger partial charge in [0.15, 0.2) is 5.75 Å². The van der Waals surface area contributed by atoms with E-state index in [0.29, 0.717) is 0 Å². The van der Waals surface area contributed by atoms with Crippen molar-refractivity contribution in [1.29, 1.82) is 0 Å². The number of anilines is 3. The number of nitrogens with one attached hydrogen (secondary N) is 3. The largest absolute Gasteiger partial charge is 0.505 e. The van der Waals surface area contributed by atoms with Crippen molar-refractivity contribution in [2.75, 3.05) is 24.7 Å². The molecule has 1 fully saturated rings. The lowest BCUT2D eigenvalue weighted by Gasteiger charge is -2.25. The highest BCUT2D eigenvalue weighted by Crippen LogP contribution is 2.32. The maximum atomic E-state index is 12.8. The van der Waals surface area contributed by atoms with Crippen molar-refractivity contribution in [1.82, 2.24) is 14.7 Å². The van der Waals surface area contributed by atoms with E-state index in [1.807, 2.05) is 0 Å². The number of carbonyl (C=O) groups excluding carboxylic acids is 1. The van der Waals surface area contributed by atoms with Gasteiger partial charge in [-0.1, -0.05) is 25.3 Å². The predicted octanol–water partition coefficient (Wildman–Crippen LogP) is 1.97. The van der Waals surface area contributed by atoms with Gasteiger partial charge >= 0.3 is 0 Å². The van der Waals surface area contributed by atoms with Crippen LogP contribution >= 0.6 is 0 Å². The van der Waals surface area contributed by atoms with E-state index in [4.69, 9.17) is 0 Å². The Morgan fingerprint density at radius 1 is 1.17 bits per heavy atom. The molecule has 1 aliphatic carbocycles. The van der Waals surface area contributed by atoms with Gasteiger partial charge in [-0.2, -0.15) is 0 Å². The molecular formula is C20H27N5O4. The molecule has 2 aromatic rings. The first kappa shape index (κ1) is 20.5. The summed E-state index contributed by atoms with van der Waals surface area (Å²) < 4.78 is 1.09. The first-order chi connectivity index (χ1) is 13.8. The minimum absolute atomic E-state index is 0.0339. The summed E-state index contributed by atoms with van der Waals surface area (Å²) in [5, 5.41) is 19.2. The molecule has 1 aliphatic rings. The van der Waals surface area contributed by atoms with Gasteiger partial charge in [-0.15, -0.1) is 0 Å². The zero-order chi connectivity index (χ0) is 21.1. The van der Waals surface area contributed by atoms with Crippen LogP contribution in [0, 0.1) is 0 Å². The smallest absolute Gasteiger partial charge is 0.290 e. The summed E-state index contributed by atoms with van der Waals surface area (Å²) >= 11 is 0. The summed E-state index contributed by atoms with van der Waals surface area (Å²) in [4.78, 5) is 39.0. The molecule has 0 saturated heterocycles. The molecule has 1 aromatic carbocycles. The SMILES string of the molecule is CN(C)C(=O)c1cccc(Nc2c(NC3CCCCC3)c(=O)[nH]n(C)c2=O)c1O. The van der Waals surface area contributed by atoms with Gasteiger partial charge in [0.05, 0.1) is 11.3 Å². The summed E-state index contributed by atoms with van der Waals surface area (Å²) in [6.45, 7) is 0. The molecule has 0 atom stereocenters. The lowest BCUT2D eigenvalue weighted by molar-refractivity contribution is 0.0824. The van der Waals surface area contributed by atoms with Crippen molar-refractivity contribution in [3.63, 3.8) is 0 Å². The van der Waals surface area contributed by atoms with Gasteiger partial charge in [0.1, 0.15) is 11.4 Å². The number of aromatic hydroxyl groups is 1. The molecule has 4 N–H and O–H groups in total. The van der Waals surface area contributed by atoms with Crippen LogP contribution in [-0.2, 0) is 7.05 Å². The molecule has 29 heavy (non-hydrogen) atoms. The zero-order valence-electron chi connectivity index (χ0n) is 16.9. The Labute approximate surface area is 168 Å². The van der Waals surface area contributed by atoms with E-state index in [1.54, 1.807) is 26.2 Å². The highest BCUT2D eigenvalue weighted by Gasteiger charge is 2.22. The minimum atomic E-state index is -0.452.